The average Bonchev–Trinajstić information content (AvgIpc) is 3.22. The molecule has 0 aliphatic heterocycles. The fraction of sp³-hybridized carbons (Fsp3) is 0.286. The number of fused-ring (bicyclic) bond motifs is 1. The summed E-state index contributed by atoms with van der Waals surface area (Å²) in [7, 11) is -3.83. The quantitative estimate of drug-likeness (QED) is 0.192. The average molecular weight is 557 g/mol. The van der Waals surface area contributed by atoms with Crippen molar-refractivity contribution in [3.05, 3.63) is 88.6 Å². The lowest BCUT2D eigenvalue weighted by molar-refractivity contribution is 0.249. The Bertz CT molecular complexity index is 1360. The van der Waals surface area contributed by atoms with Crippen molar-refractivity contribution in [3.63, 3.8) is 0 Å². The monoisotopic (exact) mass is 555 g/mol. The number of ether oxygens (including phenoxy) is 1. The highest BCUT2D eigenvalue weighted by Gasteiger charge is 2.28. The molecule has 0 aliphatic carbocycles. The van der Waals surface area contributed by atoms with Gasteiger partial charge in [0.1, 0.15) is 22.0 Å². The summed E-state index contributed by atoms with van der Waals surface area (Å²) in [6, 6.07) is 21.8. The van der Waals surface area contributed by atoms with Gasteiger partial charge in [-0.2, -0.15) is 0 Å². The first kappa shape index (κ1) is 25.5. The number of hydrogen-bond donors (Lipinski definition) is 0. The highest BCUT2D eigenvalue weighted by atomic mass is 79.9. The molecular formula is C28H30BrNO4S. The lowest BCUT2D eigenvalue weighted by Crippen LogP contribution is -2.25. The van der Waals surface area contributed by atoms with E-state index in [-0.39, 0.29) is 9.79 Å². The maximum Gasteiger partial charge on any atom is 0.210 e. The number of halogens is 1. The van der Waals surface area contributed by atoms with Crippen LogP contribution in [-0.2, 0) is 16.3 Å². The fourth-order valence-corrected chi connectivity index (χ4v) is 6.09. The Morgan fingerprint density at radius 2 is 1.66 bits per heavy atom. The van der Waals surface area contributed by atoms with Gasteiger partial charge in [-0.15, -0.1) is 0 Å². The van der Waals surface area contributed by atoms with E-state index in [2.05, 4.69) is 34.7 Å². The van der Waals surface area contributed by atoms with Gasteiger partial charge in [0.05, 0.1) is 11.5 Å². The number of benzene rings is 3. The zero-order chi connectivity index (χ0) is 24.8. The van der Waals surface area contributed by atoms with Crippen molar-refractivity contribution in [2.75, 3.05) is 26.2 Å². The zero-order valence-electron chi connectivity index (χ0n) is 20.0. The Balaban J connectivity index is 1.60. The summed E-state index contributed by atoms with van der Waals surface area (Å²) >= 11 is 3.47. The van der Waals surface area contributed by atoms with Crippen LogP contribution in [0.4, 0.5) is 0 Å². The number of furan rings is 1. The van der Waals surface area contributed by atoms with E-state index in [0.29, 0.717) is 35.5 Å². The van der Waals surface area contributed by atoms with Gasteiger partial charge in [-0.25, -0.2) is 8.42 Å². The van der Waals surface area contributed by atoms with Crippen LogP contribution in [0.15, 0.2) is 91.5 Å². The first-order chi connectivity index (χ1) is 16.9. The van der Waals surface area contributed by atoms with E-state index >= 15 is 0 Å². The Morgan fingerprint density at radius 3 is 2.34 bits per heavy atom. The molecule has 35 heavy (non-hydrogen) atoms. The fourth-order valence-electron chi connectivity index (χ4n) is 4.14. The minimum Gasteiger partial charge on any atom is -0.494 e. The second-order valence-corrected chi connectivity index (χ2v) is 11.2. The number of sulfone groups is 1. The van der Waals surface area contributed by atoms with E-state index in [0.717, 1.165) is 36.1 Å². The van der Waals surface area contributed by atoms with E-state index in [9.17, 15) is 8.42 Å². The first-order valence-corrected chi connectivity index (χ1v) is 14.1. The molecule has 0 atom stereocenters. The van der Waals surface area contributed by atoms with Crippen LogP contribution >= 0.6 is 15.9 Å². The molecule has 0 aliphatic rings. The molecule has 0 unspecified atom stereocenters. The Labute approximate surface area is 215 Å². The van der Waals surface area contributed by atoms with E-state index in [1.807, 2.05) is 36.4 Å². The van der Waals surface area contributed by atoms with Crippen LogP contribution < -0.4 is 4.74 Å². The Hall–Kier alpha value is -2.61. The molecule has 7 heteroatoms. The predicted molar refractivity (Wildman–Crippen MR) is 143 cm³/mol. The highest BCUT2D eigenvalue weighted by Crippen LogP contribution is 2.37. The van der Waals surface area contributed by atoms with Crippen LogP contribution in [0.1, 0.15) is 31.6 Å². The van der Waals surface area contributed by atoms with Gasteiger partial charge in [0.25, 0.3) is 0 Å². The van der Waals surface area contributed by atoms with Gasteiger partial charge in [-0.05, 0) is 67.5 Å². The molecule has 4 rings (SSSR count). The van der Waals surface area contributed by atoms with E-state index in [1.165, 1.54) is 0 Å². The molecule has 0 amide bonds. The molecular weight excluding hydrogens is 526 g/mol. The summed E-state index contributed by atoms with van der Waals surface area (Å²) in [4.78, 5) is 2.77. The maximum atomic E-state index is 13.8. The third-order valence-corrected chi connectivity index (χ3v) is 8.44. The summed E-state index contributed by atoms with van der Waals surface area (Å²) in [6.45, 7) is 7.91. The highest BCUT2D eigenvalue weighted by molar-refractivity contribution is 9.10. The second kappa shape index (κ2) is 11.4. The summed E-state index contributed by atoms with van der Waals surface area (Å²) < 4.78 is 40.3. The summed E-state index contributed by atoms with van der Waals surface area (Å²) in [5.41, 5.74) is 1.53. The van der Waals surface area contributed by atoms with E-state index in [4.69, 9.17) is 9.15 Å². The molecule has 184 valence electrons. The number of rotatable bonds is 11. The van der Waals surface area contributed by atoms with Gasteiger partial charge in [-0.1, -0.05) is 60.1 Å². The van der Waals surface area contributed by atoms with Gasteiger partial charge < -0.3 is 14.1 Å². The van der Waals surface area contributed by atoms with Gasteiger partial charge in [0.15, 0.2) is 0 Å². The summed E-state index contributed by atoms with van der Waals surface area (Å²) in [5, 5.41) is 0.571. The standard InChI is InChI=1S/C28H30BrNO4S/c1-3-30(4-2)17-8-18-33-23-12-14-24(15-13-23)35(31,32)28-25-20-22(29)11-16-26(25)34-27(28)19-21-9-6-5-7-10-21/h5-7,9-16,20H,3-4,8,17-19H2,1-2H3. The predicted octanol–water partition coefficient (Wildman–Crippen LogP) is 6.73. The molecule has 0 fully saturated rings. The smallest absolute Gasteiger partial charge is 0.210 e. The van der Waals surface area contributed by atoms with Crippen LogP contribution in [0.3, 0.4) is 0 Å². The van der Waals surface area contributed by atoms with Gasteiger partial charge in [0, 0.05) is 22.8 Å². The third-order valence-electron chi connectivity index (χ3n) is 6.06. The van der Waals surface area contributed by atoms with Crippen molar-refractivity contribution in [1.29, 1.82) is 0 Å². The van der Waals surface area contributed by atoms with Crippen LogP contribution in [-0.4, -0.2) is 39.6 Å². The van der Waals surface area contributed by atoms with Gasteiger partial charge in [-0.3, -0.25) is 0 Å². The molecule has 5 nitrogen and oxygen atoms in total. The topological polar surface area (TPSA) is 59.8 Å². The molecule has 1 aromatic heterocycles. The van der Waals surface area contributed by atoms with Crippen molar-refractivity contribution >= 4 is 36.7 Å². The number of hydrogen-bond acceptors (Lipinski definition) is 5. The van der Waals surface area contributed by atoms with Crippen molar-refractivity contribution in [3.8, 4) is 5.75 Å². The van der Waals surface area contributed by atoms with Crippen molar-refractivity contribution in [2.45, 2.75) is 36.5 Å². The zero-order valence-corrected chi connectivity index (χ0v) is 22.4. The van der Waals surface area contributed by atoms with Gasteiger partial charge >= 0.3 is 0 Å². The van der Waals surface area contributed by atoms with Crippen LogP contribution in [0, 0.1) is 0 Å². The van der Waals surface area contributed by atoms with Crippen LogP contribution in [0.5, 0.6) is 5.75 Å². The van der Waals surface area contributed by atoms with Crippen molar-refractivity contribution in [1.82, 2.24) is 4.90 Å². The van der Waals surface area contributed by atoms with E-state index < -0.39 is 9.84 Å². The van der Waals surface area contributed by atoms with Gasteiger partial charge in [0.2, 0.25) is 9.84 Å². The van der Waals surface area contributed by atoms with E-state index in [1.54, 1.807) is 36.4 Å². The lowest BCUT2D eigenvalue weighted by atomic mass is 10.1. The summed E-state index contributed by atoms with van der Waals surface area (Å²) in [5.74, 6) is 1.09. The first-order valence-electron chi connectivity index (χ1n) is 11.9. The minimum absolute atomic E-state index is 0.213. The largest absolute Gasteiger partial charge is 0.494 e. The van der Waals surface area contributed by atoms with Crippen molar-refractivity contribution in [2.24, 2.45) is 0 Å². The molecule has 0 saturated heterocycles. The molecule has 0 saturated carbocycles. The SMILES string of the molecule is CCN(CC)CCCOc1ccc(S(=O)(=O)c2c(Cc3ccccc3)oc3ccc(Br)cc23)cc1. The summed E-state index contributed by atoms with van der Waals surface area (Å²) in [6.07, 6.45) is 1.30. The lowest BCUT2D eigenvalue weighted by Gasteiger charge is -2.17. The normalized spacial score (nSPS) is 11.9. The molecule has 1 heterocycles. The molecule has 0 bridgehead atoms. The minimum atomic E-state index is -3.83. The molecule has 3 aromatic carbocycles. The Morgan fingerprint density at radius 1 is 0.943 bits per heavy atom. The third kappa shape index (κ3) is 5.97. The Kier molecular flexibility index (Phi) is 8.31. The second-order valence-electron chi connectivity index (χ2n) is 8.36. The van der Waals surface area contributed by atoms with Crippen molar-refractivity contribution < 1.29 is 17.6 Å². The van der Waals surface area contributed by atoms with Crippen LogP contribution in [0.25, 0.3) is 11.0 Å². The molecule has 0 N–H and O–H groups in total. The maximum absolute atomic E-state index is 13.8. The number of nitrogens with zero attached hydrogens (tertiary/aromatic N) is 1. The van der Waals surface area contributed by atoms with Crippen LogP contribution in [0.2, 0.25) is 0 Å². The molecule has 0 spiro atoms. The molecule has 0 radical (unpaired) electrons. The molecule has 4 aromatic rings.